The molecule has 2 aromatic carbocycles. The molecular weight excluding hydrogens is 393 g/mol. The Hall–Kier alpha value is -3.06. The van der Waals surface area contributed by atoms with Crippen molar-refractivity contribution >= 4 is 5.91 Å². The second-order valence-electron chi connectivity index (χ2n) is 8.18. The number of nitrogens with one attached hydrogen (secondary N) is 1. The second kappa shape index (κ2) is 8.98. The van der Waals surface area contributed by atoms with Crippen molar-refractivity contribution in [1.82, 2.24) is 25.2 Å². The molecule has 31 heavy (non-hydrogen) atoms. The number of rotatable bonds is 6. The van der Waals surface area contributed by atoms with E-state index in [9.17, 15) is 9.18 Å². The van der Waals surface area contributed by atoms with E-state index in [1.54, 1.807) is 10.7 Å². The zero-order valence-corrected chi connectivity index (χ0v) is 18.2. The molecule has 3 aromatic rings. The molecule has 0 bridgehead atoms. The molecule has 0 aliphatic carbocycles. The number of carbonyl (C=O) groups excluding carboxylic acids is 1. The van der Waals surface area contributed by atoms with Crippen LogP contribution in [0.15, 0.2) is 42.5 Å². The third-order valence-electron chi connectivity index (χ3n) is 6.00. The van der Waals surface area contributed by atoms with E-state index in [-0.39, 0.29) is 17.8 Å². The molecule has 7 heteroatoms. The Morgan fingerprint density at radius 3 is 2.81 bits per heavy atom. The van der Waals surface area contributed by atoms with Crippen molar-refractivity contribution in [1.29, 1.82) is 0 Å². The lowest BCUT2D eigenvalue weighted by Crippen LogP contribution is -2.32. The third kappa shape index (κ3) is 4.37. The largest absolute Gasteiger partial charge is 0.348 e. The predicted octanol–water partition coefficient (Wildman–Crippen LogP) is 3.80. The zero-order valence-electron chi connectivity index (χ0n) is 18.2. The van der Waals surface area contributed by atoms with Crippen LogP contribution in [0, 0.1) is 12.7 Å². The molecule has 162 valence electrons. The molecule has 0 saturated heterocycles. The topological polar surface area (TPSA) is 63.1 Å². The first-order chi connectivity index (χ1) is 15.0. The summed E-state index contributed by atoms with van der Waals surface area (Å²) < 4.78 is 15.8. The molecule has 1 atom stereocenters. The first kappa shape index (κ1) is 21.2. The van der Waals surface area contributed by atoms with Crippen LogP contribution in [0.25, 0.3) is 5.69 Å². The van der Waals surface area contributed by atoms with E-state index in [0.717, 1.165) is 37.3 Å². The van der Waals surface area contributed by atoms with Crippen LogP contribution in [0.4, 0.5) is 4.39 Å². The van der Waals surface area contributed by atoms with Crippen LogP contribution in [0.2, 0.25) is 0 Å². The van der Waals surface area contributed by atoms with E-state index in [4.69, 9.17) is 0 Å². The standard InChI is InChI=1S/C24H28FN5O/c1-4-16(2)26-24(31)23-17(3)30(28-27-23)22-11-7-9-18-14-29(13-12-20(18)22)15-19-8-5-6-10-21(19)25/h5-11,16H,4,12-15H2,1-3H3,(H,26,31)/t16-/m1/s1. The molecule has 4 rings (SSSR count). The summed E-state index contributed by atoms with van der Waals surface area (Å²) in [5.41, 5.74) is 5.15. The van der Waals surface area contributed by atoms with Gasteiger partial charge in [0.1, 0.15) is 5.82 Å². The third-order valence-corrected chi connectivity index (χ3v) is 6.00. The van der Waals surface area contributed by atoms with Crippen molar-refractivity contribution in [2.45, 2.75) is 52.7 Å². The smallest absolute Gasteiger partial charge is 0.273 e. The van der Waals surface area contributed by atoms with Crippen LogP contribution in [0.3, 0.4) is 0 Å². The van der Waals surface area contributed by atoms with Crippen LogP contribution in [-0.2, 0) is 19.5 Å². The number of hydrogen-bond acceptors (Lipinski definition) is 4. The molecule has 1 aliphatic heterocycles. The normalized spacial score (nSPS) is 14.8. The fraction of sp³-hybridized carbons (Fsp3) is 0.375. The van der Waals surface area contributed by atoms with E-state index in [1.807, 2.05) is 45.0 Å². The maximum absolute atomic E-state index is 14.1. The van der Waals surface area contributed by atoms with Gasteiger partial charge in [-0.3, -0.25) is 9.69 Å². The zero-order chi connectivity index (χ0) is 22.0. The summed E-state index contributed by atoms with van der Waals surface area (Å²) in [5.74, 6) is -0.359. The minimum atomic E-state index is -0.195. The lowest BCUT2D eigenvalue weighted by molar-refractivity contribution is 0.0933. The lowest BCUT2D eigenvalue weighted by Gasteiger charge is -2.30. The number of hydrogen-bond donors (Lipinski definition) is 1. The van der Waals surface area contributed by atoms with Gasteiger partial charge in [-0.2, -0.15) is 0 Å². The molecule has 0 fully saturated rings. The molecule has 1 N–H and O–H groups in total. The predicted molar refractivity (Wildman–Crippen MR) is 118 cm³/mol. The monoisotopic (exact) mass is 421 g/mol. The van der Waals surface area contributed by atoms with Crippen molar-refractivity contribution in [3.05, 3.63) is 76.4 Å². The van der Waals surface area contributed by atoms with Gasteiger partial charge in [0.15, 0.2) is 5.69 Å². The SMILES string of the molecule is CC[C@@H](C)NC(=O)c1nnn(-c2cccc3c2CCN(Cc2ccccc2F)C3)c1C. The van der Waals surface area contributed by atoms with Crippen molar-refractivity contribution in [2.24, 2.45) is 0 Å². The highest BCUT2D eigenvalue weighted by atomic mass is 19.1. The number of aromatic nitrogens is 3. The van der Waals surface area contributed by atoms with Gasteiger partial charge in [0.05, 0.1) is 11.4 Å². The Bertz CT molecular complexity index is 1090. The average molecular weight is 422 g/mol. The molecular formula is C24H28FN5O. The quantitative estimate of drug-likeness (QED) is 0.658. The molecule has 6 nitrogen and oxygen atoms in total. The molecule has 0 spiro atoms. The molecule has 0 unspecified atom stereocenters. The molecule has 0 radical (unpaired) electrons. The average Bonchev–Trinajstić information content (AvgIpc) is 3.16. The highest BCUT2D eigenvalue weighted by Gasteiger charge is 2.24. The van der Waals surface area contributed by atoms with Crippen LogP contribution >= 0.6 is 0 Å². The first-order valence-electron chi connectivity index (χ1n) is 10.8. The molecule has 2 heterocycles. The van der Waals surface area contributed by atoms with Crippen LogP contribution in [-0.4, -0.2) is 38.4 Å². The minimum absolute atomic E-state index is 0.0852. The van der Waals surface area contributed by atoms with Gasteiger partial charge in [0.25, 0.3) is 5.91 Å². The molecule has 1 aliphatic rings. The van der Waals surface area contributed by atoms with Crippen LogP contribution in [0.5, 0.6) is 0 Å². The van der Waals surface area contributed by atoms with Crippen LogP contribution < -0.4 is 5.32 Å². The van der Waals surface area contributed by atoms with Gasteiger partial charge >= 0.3 is 0 Å². The Morgan fingerprint density at radius 2 is 2.03 bits per heavy atom. The maximum atomic E-state index is 14.1. The Labute approximate surface area is 182 Å². The van der Waals surface area contributed by atoms with Gasteiger partial charge in [-0.15, -0.1) is 5.10 Å². The first-order valence-corrected chi connectivity index (χ1v) is 10.8. The van der Waals surface area contributed by atoms with Gasteiger partial charge < -0.3 is 5.32 Å². The highest BCUT2D eigenvalue weighted by Crippen LogP contribution is 2.27. The van der Waals surface area contributed by atoms with E-state index >= 15 is 0 Å². The van der Waals surface area contributed by atoms with E-state index in [2.05, 4.69) is 26.6 Å². The van der Waals surface area contributed by atoms with E-state index in [1.165, 1.54) is 17.2 Å². The van der Waals surface area contributed by atoms with Gasteiger partial charge in [-0.25, -0.2) is 9.07 Å². The second-order valence-corrected chi connectivity index (χ2v) is 8.18. The summed E-state index contributed by atoms with van der Waals surface area (Å²) in [6, 6.07) is 13.1. The number of nitrogens with zero attached hydrogens (tertiary/aromatic N) is 4. The maximum Gasteiger partial charge on any atom is 0.273 e. The highest BCUT2D eigenvalue weighted by molar-refractivity contribution is 5.93. The summed E-state index contributed by atoms with van der Waals surface area (Å²) in [5, 5.41) is 11.4. The van der Waals surface area contributed by atoms with Crippen molar-refractivity contribution < 1.29 is 9.18 Å². The summed E-state index contributed by atoms with van der Waals surface area (Å²) >= 11 is 0. The lowest BCUT2D eigenvalue weighted by atomic mass is 9.97. The fourth-order valence-corrected chi connectivity index (χ4v) is 4.01. The molecule has 0 saturated carbocycles. The molecule has 1 aromatic heterocycles. The summed E-state index contributed by atoms with van der Waals surface area (Å²) in [6.07, 6.45) is 1.68. The number of benzene rings is 2. The number of carbonyl (C=O) groups is 1. The van der Waals surface area contributed by atoms with E-state index in [0.29, 0.717) is 17.8 Å². The van der Waals surface area contributed by atoms with Gasteiger partial charge in [-0.05, 0) is 49.9 Å². The summed E-state index contributed by atoms with van der Waals surface area (Å²) in [7, 11) is 0. The number of halogens is 1. The Morgan fingerprint density at radius 1 is 1.23 bits per heavy atom. The number of amides is 1. The minimum Gasteiger partial charge on any atom is -0.348 e. The van der Waals surface area contributed by atoms with Gasteiger partial charge in [-0.1, -0.05) is 42.5 Å². The van der Waals surface area contributed by atoms with Gasteiger partial charge in [0, 0.05) is 31.2 Å². The molecule has 1 amide bonds. The Kier molecular flexibility index (Phi) is 6.13. The summed E-state index contributed by atoms with van der Waals surface area (Å²) in [6.45, 7) is 8.02. The van der Waals surface area contributed by atoms with Crippen LogP contribution in [0.1, 0.15) is 53.1 Å². The van der Waals surface area contributed by atoms with Crippen molar-refractivity contribution in [3.8, 4) is 5.69 Å². The van der Waals surface area contributed by atoms with Gasteiger partial charge in [0.2, 0.25) is 0 Å². The van der Waals surface area contributed by atoms with Crippen molar-refractivity contribution in [2.75, 3.05) is 6.54 Å². The Balaban J connectivity index is 1.57. The van der Waals surface area contributed by atoms with E-state index < -0.39 is 0 Å². The van der Waals surface area contributed by atoms with Crippen molar-refractivity contribution in [3.63, 3.8) is 0 Å². The number of fused-ring (bicyclic) bond motifs is 1. The fourth-order valence-electron chi connectivity index (χ4n) is 4.01. The summed E-state index contributed by atoms with van der Waals surface area (Å²) in [4.78, 5) is 14.8.